The Bertz CT molecular complexity index is 762. The van der Waals surface area contributed by atoms with Crippen LogP contribution < -0.4 is 5.32 Å². The van der Waals surface area contributed by atoms with Gasteiger partial charge in [-0.05, 0) is 98.2 Å². The van der Waals surface area contributed by atoms with Crippen LogP contribution in [-0.2, 0) is 9.59 Å². The minimum absolute atomic E-state index is 0.116. The lowest BCUT2D eigenvalue weighted by atomic mass is 9.42. The molecule has 0 aromatic carbocycles. The maximum atomic E-state index is 12.4. The van der Waals surface area contributed by atoms with Gasteiger partial charge in [0.25, 0.3) is 0 Å². The molecule has 5 aliphatic carbocycles. The van der Waals surface area contributed by atoms with Crippen LogP contribution in [0.3, 0.4) is 0 Å². The number of carbonyl (C=O) groups excluding carboxylic acids is 2. The smallest absolute Gasteiger partial charge is 0.220 e. The molecule has 0 aromatic rings. The van der Waals surface area contributed by atoms with Crippen molar-refractivity contribution in [1.82, 2.24) is 5.32 Å². The molecule has 4 nitrogen and oxygen atoms in total. The number of hydrogen-bond donors (Lipinski definition) is 2. The van der Waals surface area contributed by atoms with Gasteiger partial charge >= 0.3 is 0 Å². The van der Waals surface area contributed by atoms with E-state index >= 15 is 0 Å². The van der Waals surface area contributed by atoms with Gasteiger partial charge in [0.15, 0.2) is 0 Å². The fraction of sp³-hybridized carbons (Fsp3) is 0.933. The quantitative estimate of drug-likeness (QED) is 0.394. The van der Waals surface area contributed by atoms with Gasteiger partial charge in [0, 0.05) is 25.3 Å². The molecule has 0 aliphatic heterocycles. The molecule has 5 rings (SSSR count). The first-order valence-electron chi connectivity index (χ1n) is 14.8. The molecule has 0 heterocycles. The molecule has 0 bridgehead atoms. The minimum atomic E-state index is -0.116. The van der Waals surface area contributed by atoms with E-state index in [0.29, 0.717) is 35.5 Å². The lowest BCUT2D eigenvalue weighted by Gasteiger charge is -2.62. The van der Waals surface area contributed by atoms with Crippen LogP contribution in [0.5, 0.6) is 0 Å². The van der Waals surface area contributed by atoms with Crippen LogP contribution in [0.2, 0.25) is 0 Å². The molecule has 34 heavy (non-hydrogen) atoms. The Morgan fingerprint density at radius 2 is 1.68 bits per heavy atom. The first-order valence-corrected chi connectivity index (χ1v) is 14.8. The standard InChI is InChI=1S/C30H49NO3/c1-29-16-14-23(32)19-21(29)18-20(8-6-4-3-5-7-9-27(34)31-22-10-11-22)28-24-12-13-26(33)30(24,2)17-15-25(28)29/h20-22,24-26,28,33H,3-19H2,1-2H3,(H,31,34)/t20?,21?,24-,25+,26?,28-,29-,30-/m0/s1. The zero-order chi connectivity index (χ0) is 23.9. The predicted octanol–water partition coefficient (Wildman–Crippen LogP) is 6.19. The Morgan fingerprint density at radius 3 is 2.47 bits per heavy atom. The van der Waals surface area contributed by atoms with E-state index in [0.717, 1.165) is 56.3 Å². The number of Topliss-reactive ketones (excluding diaryl/α,β-unsaturated/α-hetero) is 1. The number of ketones is 1. The van der Waals surface area contributed by atoms with Crippen LogP contribution in [0.4, 0.5) is 0 Å². The molecule has 0 spiro atoms. The third kappa shape index (κ3) is 4.74. The lowest BCUT2D eigenvalue weighted by Crippen LogP contribution is -2.57. The highest BCUT2D eigenvalue weighted by Gasteiger charge is 2.62. The zero-order valence-electron chi connectivity index (χ0n) is 21.8. The molecular formula is C30H49NO3. The Balaban J connectivity index is 1.17. The van der Waals surface area contributed by atoms with E-state index in [4.69, 9.17) is 0 Å². The number of hydrogen-bond acceptors (Lipinski definition) is 3. The van der Waals surface area contributed by atoms with Gasteiger partial charge in [0.05, 0.1) is 6.10 Å². The maximum absolute atomic E-state index is 12.4. The van der Waals surface area contributed by atoms with Crippen molar-refractivity contribution in [2.24, 2.45) is 40.4 Å². The van der Waals surface area contributed by atoms with Crippen LogP contribution in [0.25, 0.3) is 0 Å². The average molecular weight is 472 g/mol. The summed E-state index contributed by atoms with van der Waals surface area (Å²) in [5.41, 5.74) is 0.457. The highest BCUT2D eigenvalue weighted by atomic mass is 16.3. The molecule has 2 N–H and O–H groups in total. The van der Waals surface area contributed by atoms with Crippen molar-refractivity contribution in [3.8, 4) is 0 Å². The van der Waals surface area contributed by atoms with Crippen molar-refractivity contribution >= 4 is 11.7 Å². The van der Waals surface area contributed by atoms with Crippen molar-refractivity contribution in [2.45, 2.75) is 135 Å². The molecule has 192 valence electrons. The summed E-state index contributed by atoms with van der Waals surface area (Å²) in [5.74, 6) is 4.23. The number of rotatable bonds is 9. The minimum Gasteiger partial charge on any atom is -0.393 e. The van der Waals surface area contributed by atoms with Crippen LogP contribution in [0, 0.1) is 40.4 Å². The molecular weight excluding hydrogens is 422 g/mol. The van der Waals surface area contributed by atoms with Crippen molar-refractivity contribution < 1.29 is 14.7 Å². The van der Waals surface area contributed by atoms with Gasteiger partial charge in [-0.2, -0.15) is 0 Å². The predicted molar refractivity (Wildman–Crippen MR) is 135 cm³/mol. The molecule has 3 unspecified atom stereocenters. The van der Waals surface area contributed by atoms with Gasteiger partial charge in [-0.1, -0.05) is 46.0 Å². The number of amides is 1. The van der Waals surface area contributed by atoms with Crippen LogP contribution in [0.1, 0.15) is 123 Å². The lowest BCUT2D eigenvalue weighted by molar-refractivity contribution is -0.156. The molecule has 5 saturated carbocycles. The third-order valence-corrected chi connectivity index (χ3v) is 11.5. The normalized spacial score (nSPS) is 43.7. The third-order valence-electron chi connectivity index (χ3n) is 11.5. The highest BCUT2D eigenvalue weighted by molar-refractivity contribution is 5.79. The topological polar surface area (TPSA) is 66.4 Å². The largest absolute Gasteiger partial charge is 0.393 e. The second-order valence-corrected chi connectivity index (χ2v) is 13.5. The number of carbonyl (C=O) groups is 2. The molecule has 0 radical (unpaired) electrons. The Hall–Kier alpha value is -0.900. The molecule has 4 heteroatoms. The van der Waals surface area contributed by atoms with Crippen molar-refractivity contribution in [2.75, 3.05) is 0 Å². The van der Waals surface area contributed by atoms with E-state index in [1.807, 2.05) is 0 Å². The fourth-order valence-corrected chi connectivity index (χ4v) is 9.24. The first-order chi connectivity index (χ1) is 16.3. The Kier molecular flexibility index (Phi) is 7.19. The van der Waals surface area contributed by atoms with Crippen LogP contribution in [0.15, 0.2) is 0 Å². The van der Waals surface area contributed by atoms with E-state index in [1.54, 1.807) is 0 Å². The second kappa shape index (κ2) is 9.87. The van der Waals surface area contributed by atoms with Gasteiger partial charge in [-0.25, -0.2) is 0 Å². The summed E-state index contributed by atoms with van der Waals surface area (Å²) in [6, 6.07) is 0.482. The summed E-state index contributed by atoms with van der Waals surface area (Å²) in [5, 5.41) is 14.0. The van der Waals surface area contributed by atoms with Gasteiger partial charge in [-0.15, -0.1) is 0 Å². The molecule has 1 amide bonds. The van der Waals surface area contributed by atoms with Gasteiger partial charge in [0.2, 0.25) is 5.91 Å². The van der Waals surface area contributed by atoms with E-state index < -0.39 is 0 Å². The summed E-state index contributed by atoms with van der Waals surface area (Å²) in [7, 11) is 0. The molecule has 8 atom stereocenters. The SMILES string of the molecule is C[C@]12CCC(=O)CC1CC(CCCCCCCC(=O)NC1CC1)[C@@H]1[C@H]2CC[C@]2(C)C(O)CC[C@@H]12. The number of unbranched alkanes of at least 4 members (excludes halogenated alkanes) is 4. The van der Waals surface area contributed by atoms with Gasteiger partial charge in [-0.3, -0.25) is 9.59 Å². The number of aliphatic hydroxyl groups excluding tert-OH is 1. The fourth-order valence-electron chi connectivity index (χ4n) is 9.24. The van der Waals surface area contributed by atoms with Crippen LogP contribution in [-0.4, -0.2) is 28.9 Å². The van der Waals surface area contributed by atoms with E-state index in [9.17, 15) is 14.7 Å². The van der Waals surface area contributed by atoms with Crippen molar-refractivity contribution in [3.63, 3.8) is 0 Å². The van der Waals surface area contributed by atoms with Gasteiger partial charge < -0.3 is 10.4 Å². The Labute approximate surface area is 207 Å². The monoisotopic (exact) mass is 471 g/mol. The maximum Gasteiger partial charge on any atom is 0.220 e. The number of aliphatic hydroxyl groups is 1. The summed E-state index contributed by atoms with van der Waals surface area (Å²) < 4.78 is 0. The summed E-state index contributed by atoms with van der Waals surface area (Å²) in [6.45, 7) is 4.92. The molecule has 0 saturated heterocycles. The molecule has 5 fully saturated rings. The van der Waals surface area contributed by atoms with Crippen LogP contribution >= 0.6 is 0 Å². The van der Waals surface area contributed by atoms with Crippen molar-refractivity contribution in [1.29, 1.82) is 0 Å². The summed E-state index contributed by atoms with van der Waals surface area (Å²) in [4.78, 5) is 24.3. The average Bonchev–Trinajstić information content (AvgIpc) is 3.56. The van der Waals surface area contributed by atoms with E-state index in [2.05, 4.69) is 19.2 Å². The van der Waals surface area contributed by atoms with E-state index in [1.165, 1.54) is 64.2 Å². The Morgan fingerprint density at radius 1 is 0.941 bits per heavy atom. The number of fused-ring (bicyclic) bond motifs is 5. The molecule has 0 aromatic heterocycles. The summed E-state index contributed by atoms with van der Waals surface area (Å²) >= 11 is 0. The van der Waals surface area contributed by atoms with Crippen molar-refractivity contribution in [3.05, 3.63) is 0 Å². The van der Waals surface area contributed by atoms with Gasteiger partial charge in [0.1, 0.15) is 5.78 Å². The number of nitrogens with one attached hydrogen (secondary N) is 1. The summed E-state index contributed by atoms with van der Waals surface area (Å²) in [6.07, 6.45) is 18.8. The van der Waals surface area contributed by atoms with E-state index in [-0.39, 0.29) is 17.4 Å². The second-order valence-electron chi connectivity index (χ2n) is 13.5. The zero-order valence-corrected chi connectivity index (χ0v) is 21.8. The first kappa shape index (κ1) is 24.8. The highest BCUT2D eigenvalue weighted by Crippen LogP contribution is 2.67. The molecule has 5 aliphatic rings.